The summed E-state index contributed by atoms with van der Waals surface area (Å²) in [7, 11) is 0. The summed E-state index contributed by atoms with van der Waals surface area (Å²) >= 11 is 0. The highest BCUT2D eigenvalue weighted by atomic mass is 16.6. The highest BCUT2D eigenvalue weighted by Gasteiger charge is 2.25. The Hall–Kier alpha value is -2.24. The zero-order chi connectivity index (χ0) is 20.0. The van der Waals surface area contributed by atoms with Gasteiger partial charge in [0.2, 0.25) is 0 Å². The minimum Gasteiger partial charge on any atom is -0.450 e. The number of rotatable bonds is 4. The smallest absolute Gasteiger partial charge is 0.409 e. The minimum atomic E-state index is -0.271. The fraction of sp³-hybridized carbons (Fsp3) is 0.619. The van der Waals surface area contributed by atoms with E-state index < -0.39 is 0 Å². The molecule has 1 atom stereocenters. The third kappa shape index (κ3) is 6.15. The highest BCUT2D eigenvalue weighted by molar-refractivity contribution is 5.75. The summed E-state index contributed by atoms with van der Waals surface area (Å²) < 4.78 is 5.02. The number of urea groups is 1. The van der Waals surface area contributed by atoms with Crippen LogP contribution in [0.25, 0.3) is 0 Å². The first-order valence-corrected chi connectivity index (χ1v) is 9.80. The molecule has 2 rings (SSSR count). The van der Waals surface area contributed by atoms with E-state index in [-0.39, 0.29) is 29.6 Å². The van der Waals surface area contributed by atoms with Gasteiger partial charge in [0.1, 0.15) is 0 Å². The highest BCUT2D eigenvalue weighted by Crippen LogP contribution is 2.24. The first-order valence-electron chi connectivity index (χ1n) is 9.80. The molecule has 1 unspecified atom stereocenters. The fourth-order valence-electron chi connectivity index (χ4n) is 3.20. The van der Waals surface area contributed by atoms with Crippen molar-refractivity contribution in [2.45, 2.75) is 65.0 Å². The van der Waals surface area contributed by atoms with Gasteiger partial charge in [-0.15, -0.1) is 0 Å². The number of benzene rings is 1. The molecule has 6 heteroatoms. The molecule has 0 radical (unpaired) electrons. The Kier molecular flexibility index (Phi) is 7.11. The number of hydrogen-bond donors (Lipinski definition) is 2. The van der Waals surface area contributed by atoms with E-state index in [2.05, 4.69) is 55.7 Å². The number of likely N-dealkylation sites (tertiary alicyclic amines) is 1. The lowest BCUT2D eigenvalue weighted by molar-refractivity contribution is 0.0957. The number of piperidine rings is 1. The van der Waals surface area contributed by atoms with Crippen LogP contribution in [0, 0.1) is 0 Å². The topological polar surface area (TPSA) is 70.7 Å². The molecule has 2 N–H and O–H groups in total. The summed E-state index contributed by atoms with van der Waals surface area (Å²) in [5.74, 6) is 0. The van der Waals surface area contributed by atoms with Crippen molar-refractivity contribution in [3.05, 3.63) is 35.4 Å². The Morgan fingerprint density at radius 2 is 1.78 bits per heavy atom. The number of carbonyl (C=O) groups is 2. The van der Waals surface area contributed by atoms with Gasteiger partial charge in [0.15, 0.2) is 0 Å². The third-order valence-corrected chi connectivity index (χ3v) is 4.98. The number of ether oxygens (including phenoxy) is 1. The Labute approximate surface area is 162 Å². The van der Waals surface area contributed by atoms with Gasteiger partial charge in [-0.1, -0.05) is 45.0 Å². The second kappa shape index (κ2) is 9.11. The predicted molar refractivity (Wildman–Crippen MR) is 107 cm³/mol. The van der Waals surface area contributed by atoms with E-state index in [4.69, 9.17) is 4.74 Å². The first-order chi connectivity index (χ1) is 12.7. The lowest BCUT2D eigenvalue weighted by atomic mass is 9.86. The molecule has 6 nitrogen and oxygen atoms in total. The van der Waals surface area contributed by atoms with Crippen molar-refractivity contribution >= 4 is 12.1 Å². The molecule has 1 aliphatic rings. The second-order valence-corrected chi connectivity index (χ2v) is 8.17. The second-order valence-electron chi connectivity index (χ2n) is 8.17. The monoisotopic (exact) mass is 375 g/mol. The number of nitrogens with one attached hydrogen (secondary N) is 2. The molecule has 0 aliphatic carbocycles. The SMILES string of the molecule is CCOC(=O)N1CCC(NC(=O)NC(C)c2ccc(C(C)(C)C)cc2)CC1. The van der Waals surface area contributed by atoms with Crippen molar-refractivity contribution in [1.82, 2.24) is 15.5 Å². The molecule has 0 bridgehead atoms. The molecule has 27 heavy (non-hydrogen) atoms. The van der Waals surface area contributed by atoms with Crippen LogP contribution in [-0.2, 0) is 10.2 Å². The number of hydrogen-bond acceptors (Lipinski definition) is 3. The van der Waals surface area contributed by atoms with Crippen LogP contribution in [0.4, 0.5) is 9.59 Å². The van der Waals surface area contributed by atoms with Crippen molar-refractivity contribution in [3.63, 3.8) is 0 Å². The molecule has 1 saturated heterocycles. The summed E-state index contributed by atoms with van der Waals surface area (Å²) in [5, 5.41) is 6.02. The number of nitrogens with zero attached hydrogens (tertiary/aromatic N) is 1. The van der Waals surface area contributed by atoms with Gasteiger partial charge in [-0.3, -0.25) is 0 Å². The van der Waals surface area contributed by atoms with Crippen LogP contribution < -0.4 is 10.6 Å². The van der Waals surface area contributed by atoms with Crippen LogP contribution in [0.1, 0.15) is 64.6 Å². The van der Waals surface area contributed by atoms with Crippen molar-refractivity contribution in [1.29, 1.82) is 0 Å². The van der Waals surface area contributed by atoms with E-state index in [1.54, 1.807) is 11.8 Å². The largest absolute Gasteiger partial charge is 0.450 e. The Balaban J connectivity index is 1.79. The molecule has 3 amide bonds. The Morgan fingerprint density at radius 3 is 2.30 bits per heavy atom. The van der Waals surface area contributed by atoms with Crippen LogP contribution in [0.15, 0.2) is 24.3 Å². The van der Waals surface area contributed by atoms with E-state index in [1.165, 1.54) is 5.56 Å². The van der Waals surface area contributed by atoms with Gasteiger partial charge in [-0.2, -0.15) is 0 Å². The summed E-state index contributed by atoms with van der Waals surface area (Å²) in [6.07, 6.45) is 1.20. The molecule has 1 fully saturated rings. The van der Waals surface area contributed by atoms with Crippen LogP contribution in [0.3, 0.4) is 0 Å². The van der Waals surface area contributed by atoms with Crippen molar-refractivity contribution in [2.75, 3.05) is 19.7 Å². The molecule has 1 heterocycles. The first kappa shape index (κ1) is 21.1. The van der Waals surface area contributed by atoms with Gasteiger partial charge in [-0.25, -0.2) is 9.59 Å². The Morgan fingerprint density at radius 1 is 1.19 bits per heavy atom. The predicted octanol–water partition coefficient (Wildman–Crippen LogP) is 3.97. The molecule has 150 valence electrons. The van der Waals surface area contributed by atoms with Gasteiger partial charge in [0, 0.05) is 19.1 Å². The van der Waals surface area contributed by atoms with Crippen molar-refractivity contribution < 1.29 is 14.3 Å². The minimum absolute atomic E-state index is 0.0707. The summed E-state index contributed by atoms with van der Waals surface area (Å²) in [5.41, 5.74) is 2.47. The molecular formula is C21H33N3O3. The van der Waals surface area contributed by atoms with Crippen LogP contribution >= 0.6 is 0 Å². The number of amides is 3. The average molecular weight is 376 g/mol. The van der Waals surface area contributed by atoms with Crippen LogP contribution in [0.2, 0.25) is 0 Å². The van der Waals surface area contributed by atoms with Crippen molar-refractivity contribution in [3.8, 4) is 0 Å². The molecule has 0 spiro atoms. The maximum atomic E-state index is 12.3. The molecule has 0 saturated carbocycles. The van der Waals surface area contributed by atoms with Gasteiger partial charge < -0.3 is 20.3 Å². The van der Waals surface area contributed by atoms with Crippen LogP contribution in [-0.4, -0.2) is 42.8 Å². The van der Waals surface area contributed by atoms with Crippen molar-refractivity contribution in [2.24, 2.45) is 0 Å². The lowest BCUT2D eigenvalue weighted by Gasteiger charge is -2.31. The lowest BCUT2D eigenvalue weighted by Crippen LogP contribution is -2.49. The molecule has 1 aromatic rings. The zero-order valence-corrected chi connectivity index (χ0v) is 17.2. The van der Waals surface area contributed by atoms with Gasteiger partial charge >= 0.3 is 12.1 Å². The zero-order valence-electron chi connectivity index (χ0n) is 17.2. The maximum Gasteiger partial charge on any atom is 0.409 e. The van der Waals surface area contributed by atoms with Gasteiger partial charge in [-0.05, 0) is 43.2 Å². The maximum absolute atomic E-state index is 12.3. The average Bonchev–Trinajstić information content (AvgIpc) is 2.61. The third-order valence-electron chi connectivity index (χ3n) is 4.98. The molecule has 1 aromatic carbocycles. The summed E-state index contributed by atoms with van der Waals surface area (Å²) in [6.45, 7) is 11.9. The summed E-state index contributed by atoms with van der Waals surface area (Å²) in [4.78, 5) is 25.7. The van der Waals surface area contributed by atoms with Gasteiger partial charge in [0.05, 0.1) is 12.6 Å². The van der Waals surface area contributed by atoms with Gasteiger partial charge in [0.25, 0.3) is 0 Å². The molecule has 0 aromatic heterocycles. The normalized spacial score (nSPS) is 16.6. The Bertz CT molecular complexity index is 629. The quantitative estimate of drug-likeness (QED) is 0.837. The fourth-order valence-corrected chi connectivity index (χ4v) is 3.20. The number of carbonyl (C=O) groups excluding carboxylic acids is 2. The molecule has 1 aliphatic heterocycles. The standard InChI is InChI=1S/C21H33N3O3/c1-6-27-20(26)24-13-11-18(12-14-24)23-19(25)22-15(2)16-7-9-17(10-8-16)21(3,4)5/h7-10,15,18H,6,11-14H2,1-5H3,(H2,22,23,25). The van der Waals surface area contributed by atoms with E-state index >= 15 is 0 Å². The summed E-state index contributed by atoms with van der Waals surface area (Å²) in [6, 6.07) is 8.22. The van der Waals surface area contributed by atoms with E-state index in [0.717, 1.165) is 18.4 Å². The van der Waals surface area contributed by atoms with E-state index in [1.807, 2.05) is 6.92 Å². The van der Waals surface area contributed by atoms with E-state index in [0.29, 0.717) is 19.7 Å². The van der Waals surface area contributed by atoms with Crippen LogP contribution in [0.5, 0.6) is 0 Å². The molecular weight excluding hydrogens is 342 g/mol. The van der Waals surface area contributed by atoms with E-state index in [9.17, 15) is 9.59 Å².